The topological polar surface area (TPSA) is 57.6 Å². The largest absolute Gasteiger partial charge is 0.395 e. The highest BCUT2D eigenvalue weighted by molar-refractivity contribution is 6.01. The van der Waals surface area contributed by atoms with Crippen molar-refractivity contribution in [3.05, 3.63) is 35.1 Å². The number of rotatable bonds is 3. The van der Waals surface area contributed by atoms with Crippen LogP contribution in [0.1, 0.15) is 30.4 Å². The summed E-state index contributed by atoms with van der Waals surface area (Å²) in [6, 6.07) is 4.07. The molecule has 0 aromatic heterocycles. The van der Waals surface area contributed by atoms with E-state index in [1.807, 2.05) is 0 Å². The first-order chi connectivity index (χ1) is 9.61. The highest BCUT2D eigenvalue weighted by Gasteiger charge is 2.29. The molecule has 1 heterocycles. The lowest BCUT2D eigenvalue weighted by atomic mass is 10.1. The maximum absolute atomic E-state index is 13.3. The van der Waals surface area contributed by atoms with Gasteiger partial charge in [0.05, 0.1) is 13.2 Å². The third-order valence-corrected chi connectivity index (χ3v) is 3.02. The van der Waals surface area contributed by atoms with Crippen LogP contribution in [-0.2, 0) is 16.1 Å². The number of nitrogens with zero attached hydrogens (tertiary/aromatic N) is 1. The summed E-state index contributed by atoms with van der Waals surface area (Å²) in [4.78, 5) is 24.4. The van der Waals surface area contributed by atoms with Crippen molar-refractivity contribution >= 4 is 11.8 Å². The van der Waals surface area contributed by atoms with Gasteiger partial charge in [-0.15, -0.1) is 0 Å². The summed E-state index contributed by atoms with van der Waals surface area (Å²) in [6.07, 6.45) is 0.745. The minimum absolute atomic E-state index is 0.0687. The molecule has 0 spiro atoms. The number of hydrogen-bond donors (Lipinski definition) is 1. The Balaban J connectivity index is 2.25. The number of benzene rings is 1. The molecule has 0 saturated carbocycles. The molecule has 5 heteroatoms. The van der Waals surface area contributed by atoms with E-state index in [4.69, 9.17) is 5.11 Å². The lowest BCUT2D eigenvalue weighted by molar-refractivity contribution is -0.139. The van der Waals surface area contributed by atoms with Crippen LogP contribution in [0.2, 0.25) is 0 Å². The molecule has 1 aromatic carbocycles. The fourth-order valence-electron chi connectivity index (χ4n) is 1.99. The minimum Gasteiger partial charge on any atom is -0.395 e. The van der Waals surface area contributed by atoms with E-state index in [1.165, 1.54) is 23.1 Å². The molecule has 0 bridgehead atoms. The fourth-order valence-corrected chi connectivity index (χ4v) is 1.99. The Hall–Kier alpha value is -2.19. The summed E-state index contributed by atoms with van der Waals surface area (Å²) in [5.74, 6) is 4.61. The molecule has 0 radical (unpaired) electrons. The average molecular weight is 275 g/mol. The van der Waals surface area contributed by atoms with Gasteiger partial charge >= 0.3 is 0 Å². The Morgan fingerprint density at radius 1 is 1.25 bits per heavy atom. The average Bonchev–Trinajstić information content (AvgIpc) is 2.73. The number of amides is 2. The van der Waals surface area contributed by atoms with Crippen molar-refractivity contribution in [3.8, 4) is 11.8 Å². The van der Waals surface area contributed by atoms with Crippen molar-refractivity contribution in [3.63, 3.8) is 0 Å². The molecule has 0 aliphatic carbocycles. The Kier molecular flexibility index (Phi) is 4.49. The quantitative estimate of drug-likeness (QED) is 0.666. The standard InChI is InChI=1S/C15H14FNO3/c16-13-5-4-12(11(9-13)3-1-2-8-18)10-17-14(19)6-7-15(17)20/h4-5,9,18H,2,6-8,10H2. The summed E-state index contributed by atoms with van der Waals surface area (Å²) in [6.45, 7) is 0.0435. The van der Waals surface area contributed by atoms with E-state index in [9.17, 15) is 14.0 Å². The first-order valence-corrected chi connectivity index (χ1v) is 6.33. The van der Waals surface area contributed by atoms with E-state index in [0.29, 0.717) is 11.1 Å². The summed E-state index contributed by atoms with van der Waals surface area (Å²) < 4.78 is 13.3. The number of carbonyl (C=O) groups excluding carboxylic acids is 2. The number of aliphatic hydroxyl groups excluding tert-OH is 1. The van der Waals surface area contributed by atoms with E-state index in [-0.39, 0.29) is 44.2 Å². The third kappa shape index (κ3) is 3.22. The third-order valence-electron chi connectivity index (χ3n) is 3.02. The molecule has 4 nitrogen and oxygen atoms in total. The lowest BCUT2D eigenvalue weighted by Crippen LogP contribution is -2.28. The molecular formula is C15H14FNO3. The van der Waals surface area contributed by atoms with E-state index in [2.05, 4.69) is 11.8 Å². The predicted octanol–water partition coefficient (Wildman–Crippen LogP) is 1.21. The van der Waals surface area contributed by atoms with Crippen molar-refractivity contribution < 1.29 is 19.1 Å². The van der Waals surface area contributed by atoms with Gasteiger partial charge in [0.15, 0.2) is 0 Å². The molecule has 1 aliphatic rings. The Bertz CT molecular complexity index is 585. The second-order valence-corrected chi connectivity index (χ2v) is 4.45. The number of likely N-dealkylation sites (tertiary alicyclic amines) is 1. The first-order valence-electron chi connectivity index (χ1n) is 6.33. The van der Waals surface area contributed by atoms with E-state index in [1.54, 1.807) is 0 Å². The molecule has 1 N–H and O–H groups in total. The molecule has 1 aliphatic heterocycles. The minimum atomic E-state index is -0.430. The van der Waals surface area contributed by atoms with E-state index in [0.717, 1.165) is 0 Å². The zero-order valence-corrected chi connectivity index (χ0v) is 10.9. The summed E-state index contributed by atoms with van der Waals surface area (Å²) in [5.41, 5.74) is 1.06. The summed E-state index contributed by atoms with van der Waals surface area (Å²) in [7, 11) is 0. The first kappa shape index (κ1) is 14.2. The van der Waals surface area contributed by atoms with E-state index < -0.39 is 5.82 Å². The van der Waals surface area contributed by atoms with Crippen LogP contribution in [0.5, 0.6) is 0 Å². The van der Waals surface area contributed by atoms with Crippen molar-refractivity contribution in [1.29, 1.82) is 0 Å². The molecule has 0 atom stereocenters. The van der Waals surface area contributed by atoms with Crippen molar-refractivity contribution in [1.82, 2.24) is 4.90 Å². The Morgan fingerprint density at radius 2 is 1.95 bits per heavy atom. The number of halogens is 1. The van der Waals surface area contributed by atoms with Crippen LogP contribution in [0.15, 0.2) is 18.2 Å². The number of imide groups is 1. The highest BCUT2D eigenvalue weighted by Crippen LogP contribution is 2.18. The van der Waals surface area contributed by atoms with Crippen LogP contribution in [0.4, 0.5) is 4.39 Å². The molecule has 1 fully saturated rings. The van der Waals surface area contributed by atoms with Gasteiger partial charge in [-0.2, -0.15) is 0 Å². The summed E-state index contributed by atoms with van der Waals surface area (Å²) in [5, 5.41) is 8.69. The van der Waals surface area contributed by atoms with Gasteiger partial charge in [0.1, 0.15) is 5.82 Å². The Morgan fingerprint density at radius 3 is 2.60 bits per heavy atom. The summed E-state index contributed by atoms with van der Waals surface area (Å²) >= 11 is 0. The normalized spacial score (nSPS) is 14.4. The van der Waals surface area contributed by atoms with Gasteiger partial charge < -0.3 is 5.11 Å². The van der Waals surface area contributed by atoms with Crippen LogP contribution in [0.25, 0.3) is 0 Å². The maximum Gasteiger partial charge on any atom is 0.229 e. The van der Waals surface area contributed by atoms with Crippen LogP contribution < -0.4 is 0 Å². The zero-order chi connectivity index (χ0) is 14.5. The maximum atomic E-state index is 13.3. The molecule has 20 heavy (non-hydrogen) atoms. The van der Waals surface area contributed by atoms with Crippen LogP contribution in [0, 0.1) is 17.7 Å². The molecule has 1 saturated heterocycles. The smallest absolute Gasteiger partial charge is 0.229 e. The van der Waals surface area contributed by atoms with Gasteiger partial charge in [0.25, 0.3) is 0 Å². The lowest BCUT2D eigenvalue weighted by Gasteiger charge is -2.15. The monoisotopic (exact) mass is 275 g/mol. The van der Waals surface area contributed by atoms with Crippen LogP contribution in [0.3, 0.4) is 0 Å². The van der Waals surface area contributed by atoms with Gasteiger partial charge in [0, 0.05) is 24.8 Å². The van der Waals surface area contributed by atoms with Crippen LogP contribution in [-0.4, -0.2) is 28.4 Å². The zero-order valence-electron chi connectivity index (χ0n) is 10.9. The molecule has 2 amide bonds. The highest BCUT2D eigenvalue weighted by atomic mass is 19.1. The number of hydrogen-bond acceptors (Lipinski definition) is 3. The molecular weight excluding hydrogens is 261 g/mol. The van der Waals surface area contributed by atoms with Crippen molar-refractivity contribution in [2.75, 3.05) is 6.61 Å². The number of carbonyl (C=O) groups is 2. The second kappa shape index (κ2) is 6.31. The van der Waals surface area contributed by atoms with Crippen molar-refractivity contribution in [2.24, 2.45) is 0 Å². The molecule has 1 aromatic rings. The number of aliphatic hydroxyl groups is 1. The Labute approximate surface area is 116 Å². The molecule has 104 valence electrons. The van der Waals surface area contributed by atoms with Gasteiger partial charge in [-0.3, -0.25) is 14.5 Å². The predicted molar refractivity (Wildman–Crippen MR) is 69.8 cm³/mol. The SMILES string of the molecule is O=C1CCC(=O)N1Cc1ccc(F)cc1C#CCCO. The molecule has 2 rings (SSSR count). The molecule has 0 unspecified atom stereocenters. The van der Waals surface area contributed by atoms with Gasteiger partial charge in [-0.05, 0) is 17.7 Å². The van der Waals surface area contributed by atoms with Gasteiger partial charge in [-0.1, -0.05) is 17.9 Å². The van der Waals surface area contributed by atoms with Crippen LogP contribution >= 0.6 is 0 Å². The van der Waals surface area contributed by atoms with Crippen molar-refractivity contribution in [2.45, 2.75) is 25.8 Å². The second-order valence-electron chi connectivity index (χ2n) is 4.45. The van der Waals surface area contributed by atoms with Gasteiger partial charge in [0.2, 0.25) is 11.8 Å². The van der Waals surface area contributed by atoms with Gasteiger partial charge in [-0.25, -0.2) is 4.39 Å². The fraction of sp³-hybridized carbons (Fsp3) is 0.333. The van der Waals surface area contributed by atoms with E-state index >= 15 is 0 Å².